The number of benzene rings is 2. The molecule has 29 heavy (non-hydrogen) atoms. The summed E-state index contributed by atoms with van der Waals surface area (Å²) in [5.41, 5.74) is 4.55. The first-order chi connectivity index (χ1) is 13.7. The Morgan fingerprint density at radius 3 is 2.45 bits per heavy atom. The van der Waals surface area contributed by atoms with Crippen LogP contribution in [0.2, 0.25) is 10.0 Å². The second kappa shape index (κ2) is 10.3. The fourth-order valence-corrected chi connectivity index (χ4v) is 2.85. The maximum absolute atomic E-state index is 12.5. The second-order valence-corrected chi connectivity index (χ2v) is 7.60. The highest BCUT2D eigenvalue weighted by atomic mass is 35.5. The van der Waals surface area contributed by atoms with Gasteiger partial charge in [-0.2, -0.15) is 5.10 Å². The summed E-state index contributed by atoms with van der Waals surface area (Å²) in [5.74, 6) is -0.279. The number of hydrogen-bond donors (Lipinski definition) is 2. The lowest BCUT2D eigenvalue weighted by Gasteiger charge is -2.20. The van der Waals surface area contributed by atoms with Crippen LogP contribution in [0.5, 0.6) is 5.75 Å². The molecule has 8 heteroatoms. The van der Waals surface area contributed by atoms with Crippen molar-refractivity contribution in [1.82, 2.24) is 10.7 Å². The molecule has 1 atom stereocenters. The molecule has 0 aliphatic heterocycles. The Bertz CT molecular complexity index is 929. The lowest BCUT2D eigenvalue weighted by atomic mass is 10.0. The number of carbonyl (C=O) groups is 2. The molecule has 1 unspecified atom stereocenters. The summed E-state index contributed by atoms with van der Waals surface area (Å²) in [5, 5.41) is 7.31. The van der Waals surface area contributed by atoms with Gasteiger partial charge in [-0.15, -0.1) is 0 Å². The van der Waals surface area contributed by atoms with E-state index in [1.165, 1.54) is 18.3 Å². The molecule has 0 aromatic heterocycles. The van der Waals surface area contributed by atoms with Crippen LogP contribution in [0.4, 0.5) is 0 Å². The normalized spacial score (nSPS) is 12.1. The Morgan fingerprint density at radius 2 is 1.83 bits per heavy atom. The molecular formula is C21H23Cl2N3O3. The van der Waals surface area contributed by atoms with E-state index in [9.17, 15) is 9.59 Å². The maximum Gasteiger partial charge on any atom is 0.262 e. The van der Waals surface area contributed by atoms with E-state index in [1.54, 1.807) is 13.2 Å². The van der Waals surface area contributed by atoms with Crippen molar-refractivity contribution in [3.8, 4) is 5.75 Å². The molecule has 0 fully saturated rings. The van der Waals surface area contributed by atoms with Gasteiger partial charge in [0.2, 0.25) is 0 Å². The van der Waals surface area contributed by atoms with Crippen molar-refractivity contribution in [2.24, 2.45) is 11.0 Å². The van der Waals surface area contributed by atoms with Gasteiger partial charge in [-0.05, 0) is 48.2 Å². The van der Waals surface area contributed by atoms with Crippen molar-refractivity contribution in [1.29, 1.82) is 0 Å². The Kier molecular flexibility index (Phi) is 8.05. The molecule has 0 aliphatic rings. The molecule has 2 N–H and O–H groups in total. The van der Waals surface area contributed by atoms with E-state index in [0.717, 1.165) is 16.9 Å². The molecular weight excluding hydrogens is 413 g/mol. The molecule has 0 spiro atoms. The molecule has 2 amide bonds. The molecule has 0 saturated carbocycles. The van der Waals surface area contributed by atoms with Gasteiger partial charge in [0, 0.05) is 5.56 Å². The largest absolute Gasteiger partial charge is 0.496 e. The number of nitrogens with zero attached hydrogens (tertiary/aromatic N) is 1. The van der Waals surface area contributed by atoms with Crippen molar-refractivity contribution >= 4 is 41.2 Å². The van der Waals surface area contributed by atoms with Crippen molar-refractivity contribution in [2.75, 3.05) is 7.11 Å². The lowest BCUT2D eigenvalue weighted by Crippen LogP contribution is -2.48. The number of aryl methyl sites for hydroxylation is 1. The molecule has 154 valence electrons. The summed E-state index contributed by atoms with van der Waals surface area (Å²) < 4.78 is 5.27. The number of methoxy groups -OCH3 is 1. The summed E-state index contributed by atoms with van der Waals surface area (Å²) in [6, 6.07) is 9.33. The van der Waals surface area contributed by atoms with E-state index in [-0.39, 0.29) is 10.9 Å². The number of carbonyl (C=O) groups excluding carboxylic acids is 2. The Morgan fingerprint density at radius 1 is 1.10 bits per heavy atom. The van der Waals surface area contributed by atoms with Gasteiger partial charge in [0.15, 0.2) is 0 Å². The molecule has 6 nitrogen and oxygen atoms in total. The van der Waals surface area contributed by atoms with Crippen LogP contribution in [-0.2, 0) is 4.79 Å². The molecule has 2 aromatic carbocycles. The Labute approximate surface area is 180 Å². The predicted octanol–water partition coefficient (Wildman–Crippen LogP) is 4.22. The average molecular weight is 436 g/mol. The third-order valence-electron chi connectivity index (χ3n) is 4.24. The van der Waals surface area contributed by atoms with Gasteiger partial charge in [-0.25, -0.2) is 5.43 Å². The number of hydrogen-bond acceptors (Lipinski definition) is 4. The molecule has 2 rings (SSSR count). The van der Waals surface area contributed by atoms with Crippen LogP contribution in [0, 0.1) is 12.8 Å². The summed E-state index contributed by atoms with van der Waals surface area (Å²) in [6.07, 6.45) is 1.51. The van der Waals surface area contributed by atoms with Crippen LogP contribution < -0.4 is 15.5 Å². The monoisotopic (exact) mass is 435 g/mol. The van der Waals surface area contributed by atoms with Crippen LogP contribution in [0.15, 0.2) is 41.5 Å². The van der Waals surface area contributed by atoms with Crippen LogP contribution in [0.25, 0.3) is 0 Å². The Balaban J connectivity index is 2.05. The van der Waals surface area contributed by atoms with Crippen LogP contribution >= 0.6 is 23.2 Å². The number of nitrogens with one attached hydrogen (secondary N) is 2. The Hall–Kier alpha value is -2.57. The van der Waals surface area contributed by atoms with Gasteiger partial charge in [0.05, 0.1) is 23.4 Å². The van der Waals surface area contributed by atoms with E-state index in [2.05, 4.69) is 15.8 Å². The zero-order valence-electron chi connectivity index (χ0n) is 16.6. The molecule has 0 bridgehead atoms. The predicted molar refractivity (Wildman–Crippen MR) is 116 cm³/mol. The van der Waals surface area contributed by atoms with Crippen molar-refractivity contribution in [3.63, 3.8) is 0 Å². The zero-order chi connectivity index (χ0) is 21.6. The van der Waals surface area contributed by atoms with E-state index >= 15 is 0 Å². The minimum Gasteiger partial charge on any atom is -0.496 e. The molecule has 0 heterocycles. The summed E-state index contributed by atoms with van der Waals surface area (Å²) >= 11 is 11.8. The van der Waals surface area contributed by atoms with E-state index in [0.29, 0.717) is 10.6 Å². The minimum atomic E-state index is -0.776. The lowest BCUT2D eigenvalue weighted by molar-refractivity contribution is -0.123. The van der Waals surface area contributed by atoms with Crippen molar-refractivity contribution in [2.45, 2.75) is 26.8 Å². The third kappa shape index (κ3) is 6.21. The molecule has 0 saturated heterocycles. The molecule has 0 aliphatic carbocycles. The summed E-state index contributed by atoms with van der Waals surface area (Å²) in [6.45, 7) is 5.59. The highest BCUT2D eigenvalue weighted by molar-refractivity contribution is 6.42. The van der Waals surface area contributed by atoms with Crippen LogP contribution in [-0.4, -0.2) is 31.2 Å². The quantitative estimate of drug-likeness (QED) is 0.504. The SMILES string of the molecule is COc1cc(/C=N/NC(=O)C(NC(=O)c2ccc(Cl)c(Cl)c2)C(C)C)ccc1C. The van der Waals surface area contributed by atoms with Gasteiger partial charge >= 0.3 is 0 Å². The van der Waals surface area contributed by atoms with Gasteiger partial charge in [0.25, 0.3) is 11.8 Å². The van der Waals surface area contributed by atoms with Crippen LogP contribution in [0.1, 0.15) is 35.3 Å². The highest BCUT2D eigenvalue weighted by Crippen LogP contribution is 2.22. The summed E-state index contributed by atoms with van der Waals surface area (Å²) in [4.78, 5) is 25.0. The maximum atomic E-state index is 12.5. The number of rotatable bonds is 7. The molecule has 2 aromatic rings. The van der Waals surface area contributed by atoms with E-state index in [4.69, 9.17) is 27.9 Å². The van der Waals surface area contributed by atoms with Gasteiger partial charge in [0.1, 0.15) is 11.8 Å². The number of halogens is 2. The van der Waals surface area contributed by atoms with Crippen LogP contribution in [0.3, 0.4) is 0 Å². The first-order valence-electron chi connectivity index (χ1n) is 8.96. The number of ether oxygens (including phenoxy) is 1. The van der Waals surface area contributed by atoms with E-state index < -0.39 is 17.9 Å². The first-order valence-corrected chi connectivity index (χ1v) is 9.72. The fourth-order valence-electron chi connectivity index (χ4n) is 2.55. The highest BCUT2D eigenvalue weighted by Gasteiger charge is 2.24. The standard InChI is InChI=1S/C21H23Cl2N3O3/c1-12(2)19(25-20(27)15-7-8-16(22)17(23)10-15)21(28)26-24-11-14-6-5-13(3)18(9-14)29-4/h5-12,19H,1-4H3,(H,25,27)(H,26,28)/b24-11+. The number of amides is 2. The van der Waals surface area contributed by atoms with Crippen molar-refractivity contribution < 1.29 is 14.3 Å². The average Bonchev–Trinajstić information content (AvgIpc) is 2.68. The smallest absolute Gasteiger partial charge is 0.262 e. The third-order valence-corrected chi connectivity index (χ3v) is 4.98. The van der Waals surface area contributed by atoms with E-state index in [1.807, 2.05) is 39.0 Å². The van der Waals surface area contributed by atoms with Gasteiger partial charge in [-0.1, -0.05) is 49.2 Å². The van der Waals surface area contributed by atoms with Gasteiger partial charge in [-0.3, -0.25) is 9.59 Å². The minimum absolute atomic E-state index is 0.156. The number of hydrazone groups is 1. The topological polar surface area (TPSA) is 79.8 Å². The van der Waals surface area contributed by atoms with Crippen molar-refractivity contribution in [3.05, 3.63) is 63.1 Å². The fraction of sp³-hybridized carbons (Fsp3) is 0.286. The first kappa shape index (κ1) is 22.7. The zero-order valence-corrected chi connectivity index (χ0v) is 18.1. The summed E-state index contributed by atoms with van der Waals surface area (Å²) in [7, 11) is 1.59. The van der Waals surface area contributed by atoms with Gasteiger partial charge < -0.3 is 10.1 Å². The second-order valence-electron chi connectivity index (χ2n) is 6.79. The molecule has 0 radical (unpaired) electrons.